The second-order valence-electron chi connectivity index (χ2n) is 6.40. The highest BCUT2D eigenvalue weighted by Gasteiger charge is 2.16. The van der Waals surface area contributed by atoms with Crippen LogP contribution >= 0.6 is 0 Å². The van der Waals surface area contributed by atoms with Crippen molar-refractivity contribution >= 4 is 17.3 Å². The zero-order valence-electron chi connectivity index (χ0n) is 14.8. The van der Waals surface area contributed by atoms with Crippen LogP contribution in [0.4, 0.5) is 11.4 Å². The predicted molar refractivity (Wildman–Crippen MR) is 98.2 cm³/mol. The highest BCUT2D eigenvalue weighted by atomic mass is 16.1. The lowest BCUT2D eigenvalue weighted by atomic mass is 10.1. The third-order valence-corrected chi connectivity index (χ3v) is 4.73. The van der Waals surface area contributed by atoms with Crippen molar-refractivity contribution in [3.05, 3.63) is 23.8 Å². The maximum atomic E-state index is 11.9. The van der Waals surface area contributed by atoms with E-state index in [0.29, 0.717) is 19.0 Å². The van der Waals surface area contributed by atoms with Gasteiger partial charge in [0.25, 0.3) is 0 Å². The van der Waals surface area contributed by atoms with Crippen molar-refractivity contribution in [2.24, 2.45) is 0 Å². The minimum absolute atomic E-state index is 0.168. The fraction of sp³-hybridized carbons (Fsp3) is 0.632. The molecule has 4 nitrogen and oxygen atoms in total. The summed E-state index contributed by atoms with van der Waals surface area (Å²) in [7, 11) is 0. The van der Waals surface area contributed by atoms with E-state index >= 15 is 0 Å². The molecule has 1 aromatic carbocycles. The van der Waals surface area contributed by atoms with Crippen LogP contribution in [-0.4, -0.2) is 31.6 Å². The number of nitrogens with zero attached hydrogens (tertiary/aromatic N) is 1. The van der Waals surface area contributed by atoms with Crippen molar-refractivity contribution in [3.8, 4) is 0 Å². The summed E-state index contributed by atoms with van der Waals surface area (Å²) in [6.45, 7) is 9.19. The fourth-order valence-corrected chi connectivity index (χ4v) is 3.31. The highest BCUT2D eigenvalue weighted by molar-refractivity contribution is 5.77. The minimum atomic E-state index is 0.168. The van der Waals surface area contributed by atoms with Gasteiger partial charge in [0.2, 0.25) is 5.91 Å². The lowest BCUT2D eigenvalue weighted by Gasteiger charge is -2.22. The molecule has 1 saturated carbocycles. The van der Waals surface area contributed by atoms with Gasteiger partial charge in [0.1, 0.15) is 0 Å². The average Bonchev–Trinajstić information content (AvgIpc) is 3.03. The number of benzene rings is 1. The lowest BCUT2D eigenvalue weighted by molar-refractivity contribution is -0.121. The summed E-state index contributed by atoms with van der Waals surface area (Å²) < 4.78 is 0. The quantitative estimate of drug-likeness (QED) is 0.768. The molecule has 0 unspecified atom stereocenters. The van der Waals surface area contributed by atoms with E-state index in [1.54, 1.807) is 0 Å². The Balaban J connectivity index is 1.79. The second-order valence-corrected chi connectivity index (χ2v) is 6.40. The maximum absolute atomic E-state index is 11.9. The van der Waals surface area contributed by atoms with Gasteiger partial charge in [-0.25, -0.2) is 0 Å². The number of amides is 1. The molecule has 1 aromatic rings. The van der Waals surface area contributed by atoms with Crippen molar-refractivity contribution in [3.63, 3.8) is 0 Å². The first-order valence-electron chi connectivity index (χ1n) is 9.02. The van der Waals surface area contributed by atoms with Crippen LogP contribution in [0.15, 0.2) is 18.2 Å². The standard InChI is InChI=1S/C19H31N3O/c1-4-22(5-2)17-10-11-18(15(3)14-17)20-13-12-19(23)21-16-8-6-7-9-16/h10-11,14,16,20H,4-9,12-13H2,1-3H3,(H,21,23). The third kappa shape index (κ3) is 5.15. The molecule has 1 aliphatic carbocycles. The Morgan fingerprint density at radius 1 is 1.22 bits per heavy atom. The molecule has 0 spiro atoms. The van der Waals surface area contributed by atoms with Crippen molar-refractivity contribution in [2.45, 2.75) is 58.9 Å². The van der Waals surface area contributed by atoms with Crippen molar-refractivity contribution in [1.82, 2.24) is 5.32 Å². The zero-order chi connectivity index (χ0) is 16.7. The van der Waals surface area contributed by atoms with Crippen molar-refractivity contribution in [1.29, 1.82) is 0 Å². The van der Waals surface area contributed by atoms with Gasteiger partial charge in [-0.3, -0.25) is 4.79 Å². The van der Waals surface area contributed by atoms with Crippen LogP contribution in [0.3, 0.4) is 0 Å². The molecule has 23 heavy (non-hydrogen) atoms. The zero-order valence-corrected chi connectivity index (χ0v) is 14.8. The van der Waals surface area contributed by atoms with Gasteiger partial charge in [0.15, 0.2) is 0 Å². The molecule has 0 atom stereocenters. The van der Waals surface area contributed by atoms with Crippen LogP contribution in [0.2, 0.25) is 0 Å². The molecule has 0 heterocycles. The molecular formula is C19H31N3O. The average molecular weight is 317 g/mol. The molecule has 0 bridgehead atoms. The van der Waals surface area contributed by atoms with E-state index in [9.17, 15) is 4.79 Å². The summed E-state index contributed by atoms with van der Waals surface area (Å²) in [5.41, 5.74) is 3.61. The van der Waals surface area contributed by atoms with Gasteiger partial charge in [-0.2, -0.15) is 0 Å². The monoisotopic (exact) mass is 317 g/mol. The normalized spacial score (nSPS) is 14.7. The Morgan fingerprint density at radius 3 is 2.52 bits per heavy atom. The van der Waals surface area contributed by atoms with Crippen LogP contribution < -0.4 is 15.5 Å². The molecule has 2 rings (SSSR count). The first-order valence-corrected chi connectivity index (χ1v) is 9.02. The van der Waals surface area contributed by atoms with E-state index in [0.717, 1.165) is 31.6 Å². The number of carbonyl (C=O) groups is 1. The summed E-state index contributed by atoms with van der Waals surface area (Å²) in [6.07, 6.45) is 5.33. The van der Waals surface area contributed by atoms with Crippen LogP contribution in [-0.2, 0) is 4.79 Å². The van der Waals surface area contributed by atoms with Crippen molar-refractivity contribution < 1.29 is 4.79 Å². The molecule has 0 radical (unpaired) electrons. The van der Waals surface area contributed by atoms with Crippen LogP contribution in [0.1, 0.15) is 51.5 Å². The van der Waals surface area contributed by atoms with Gasteiger partial charge >= 0.3 is 0 Å². The van der Waals surface area contributed by atoms with E-state index < -0.39 is 0 Å². The maximum Gasteiger partial charge on any atom is 0.221 e. The van der Waals surface area contributed by atoms with E-state index in [4.69, 9.17) is 0 Å². The Morgan fingerprint density at radius 2 is 1.91 bits per heavy atom. The molecule has 1 amide bonds. The molecule has 2 N–H and O–H groups in total. The van der Waals surface area contributed by atoms with Crippen molar-refractivity contribution in [2.75, 3.05) is 29.9 Å². The summed E-state index contributed by atoms with van der Waals surface area (Å²) >= 11 is 0. The Kier molecular flexibility index (Phi) is 6.75. The van der Waals surface area contributed by atoms with Gasteiger partial charge in [0.05, 0.1) is 0 Å². The molecule has 0 saturated heterocycles. The molecular weight excluding hydrogens is 286 g/mol. The number of rotatable bonds is 8. The van der Waals surface area contributed by atoms with Crippen LogP contribution in [0.25, 0.3) is 0 Å². The summed E-state index contributed by atoms with van der Waals surface area (Å²) in [5, 5.41) is 6.52. The number of nitrogens with one attached hydrogen (secondary N) is 2. The molecule has 4 heteroatoms. The largest absolute Gasteiger partial charge is 0.384 e. The minimum Gasteiger partial charge on any atom is -0.384 e. The smallest absolute Gasteiger partial charge is 0.221 e. The molecule has 0 aromatic heterocycles. The fourth-order valence-electron chi connectivity index (χ4n) is 3.31. The first-order chi connectivity index (χ1) is 11.1. The Hall–Kier alpha value is -1.71. The number of anilines is 2. The molecule has 0 aliphatic heterocycles. The summed E-state index contributed by atoms with van der Waals surface area (Å²) in [5.74, 6) is 0.168. The van der Waals surface area contributed by atoms with Gasteiger partial charge < -0.3 is 15.5 Å². The van der Waals surface area contributed by atoms with E-state index in [1.807, 2.05) is 0 Å². The Labute approximate surface area is 140 Å². The van der Waals surface area contributed by atoms with Crippen LogP contribution in [0.5, 0.6) is 0 Å². The van der Waals surface area contributed by atoms with Gasteiger partial charge in [-0.05, 0) is 57.4 Å². The van der Waals surface area contributed by atoms with Gasteiger partial charge in [0, 0.05) is 43.5 Å². The van der Waals surface area contributed by atoms with E-state index in [1.165, 1.54) is 24.1 Å². The second kappa shape index (κ2) is 8.80. The van der Waals surface area contributed by atoms with Crippen LogP contribution in [0, 0.1) is 6.92 Å². The Bertz CT molecular complexity index is 505. The van der Waals surface area contributed by atoms with Gasteiger partial charge in [-0.1, -0.05) is 12.8 Å². The topological polar surface area (TPSA) is 44.4 Å². The SMILES string of the molecule is CCN(CC)c1ccc(NCCC(=O)NC2CCCC2)c(C)c1. The molecule has 1 fully saturated rings. The molecule has 1 aliphatic rings. The molecule has 128 valence electrons. The highest BCUT2D eigenvalue weighted by Crippen LogP contribution is 2.22. The van der Waals surface area contributed by atoms with E-state index in [2.05, 4.69) is 54.5 Å². The predicted octanol–water partition coefficient (Wildman–Crippen LogP) is 3.70. The lowest BCUT2D eigenvalue weighted by Crippen LogP contribution is -2.33. The number of hydrogen-bond acceptors (Lipinski definition) is 3. The number of carbonyl (C=O) groups excluding carboxylic acids is 1. The summed E-state index contributed by atoms with van der Waals surface area (Å²) in [4.78, 5) is 14.3. The van der Waals surface area contributed by atoms with E-state index in [-0.39, 0.29) is 5.91 Å². The number of hydrogen-bond donors (Lipinski definition) is 2. The van der Waals surface area contributed by atoms with Gasteiger partial charge in [-0.15, -0.1) is 0 Å². The third-order valence-electron chi connectivity index (χ3n) is 4.73. The first kappa shape index (κ1) is 17.6. The number of aryl methyl sites for hydroxylation is 1. The summed E-state index contributed by atoms with van der Waals surface area (Å²) in [6, 6.07) is 6.91.